The minimum absolute atomic E-state index is 0.00746. The van der Waals surface area contributed by atoms with Crippen LogP contribution in [0.2, 0.25) is 5.02 Å². The van der Waals surface area contributed by atoms with Gasteiger partial charge in [0.25, 0.3) is 0 Å². The van der Waals surface area contributed by atoms with Crippen molar-refractivity contribution in [3.8, 4) is 11.5 Å². The van der Waals surface area contributed by atoms with Crippen LogP contribution in [0.1, 0.15) is 10.4 Å². The first-order valence-corrected chi connectivity index (χ1v) is 5.15. The van der Waals surface area contributed by atoms with Crippen LogP contribution in [0.5, 0.6) is 11.5 Å². The van der Waals surface area contributed by atoms with E-state index >= 15 is 0 Å². The standard InChI is InChI=1S/C12H8ClNO3/c13-11-4-3-8(6-10(11)12(15)16)17-9-2-1-5-14-7-9/h1-7H,(H,15,16). The third-order valence-electron chi connectivity index (χ3n) is 2.04. The summed E-state index contributed by atoms with van der Waals surface area (Å²) in [6.45, 7) is 0. The van der Waals surface area contributed by atoms with Gasteiger partial charge in [-0.25, -0.2) is 4.79 Å². The quantitative estimate of drug-likeness (QED) is 0.907. The highest BCUT2D eigenvalue weighted by molar-refractivity contribution is 6.33. The number of hydrogen-bond acceptors (Lipinski definition) is 3. The fraction of sp³-hybridized carbons (Fsp3) is 0. The van der Waals surface area contributed by atoms with Crippen molar-refractivity contribution in [3.63, 3.8) is 0 Å². The predicted octanol–water partition coefficient (Wildman–Crippen LogP) is 3.23. The Labute approximate surface area is 102 Å². The highest BCUT2D eigenvalue weighted by atomic mass is 35.5. The molecular weight excluding hydrogens is 242 g/mol. The van der Waals surface area contributed by atoms with Crippen molar-refractivity contribution in [2.24, 2.45) is 0 Å². The molecule has 0 aliphatic carbocycles. The molecule has 2 rings (SSSR count). The van der Waals surface area contributed by atoms with E-state index in [1.807, 2.05) is 0 Å². The van der Waals surface area contributed by atoms with Gasteiger partial charge in [-0.1, -0.05) is 11.6 Å². The van der Waals surface area contributed by atoms with Crippen molar-refractivity contribution in [3.05, 3.63) is 53.3 Å². The van der Waals surface area contributed by atoms with Crippen LogP contribution in [0.25, 0.3) is 0 Å². The fourth-order valence-corrected chi connectivity index (χ4v) is 1.47. The largest absolute Gasteiger partial charge is 0.478 e. The molecule has 0 saturated heterocycles. The van der Waals surface area contributed by atoms with Crippen LogP contribution in [0, 0.1) is 0 Å². The van der Waals surface area contributed by atoms with Crippen LogP contribution < -0.4 is 4.74 Å². The molecule has 0 unspecified atom stereocenters. The first kappa shape index (κ1) is 11.4. The molecule has 4 nitrogen and oxygen atoms in total. The van der Waals surface area contributed by atoms with Crippen molar-refractivity contribution in [1.82, 2.24) is 4.98 Å². The number of aromatic carboxylic acids is 1. The molecule has 0 spiro atoms. The minimum atomic E-state index is -1.09. The first-order valence-electron chi connectivity index (χ1n) is 4.77. The summed E-state index contributed by atoms with van der Waals surface area (Å²) < 4.78 is 5.44. The maximum atomic E-state index is 10.9. The van der Waals surface area contributed by atoms with Crippen molar-refractivity contribution in [2.45, 2.75) is 0 Å². The molecule has 2 aromatic rings. The van der Waals surface area contributed by atoms with Gasteiger partial charge in [-0.15, -0.1) is 0 Å². The van der Waals surface area contributed by atoms with Gasteiger partial charge in [0.15, 0.2) is 0 Å². The van der Waals surface area contributed by atoms with Crippen LogP contribution >= 0.6 is 11.6 Å². The van der Waals surface area contributed by atoms with E-state index in [4.69, 9.17) is 21.4 Å². The Balaban J connectivity index is 2.29. The van der Waals surface area contributed by atoms with Crippen molar-refractivity contribution < 1.29 is 14.6 Å². The number of pyridine rings is 1. The van der Waals surface area contributed by atoms with Gasteiger partial charge in [0, 0.05) is 6.20 Å². The Hall–Kier alpha value is -2.07. The van der Waals surface area contributed by atoms with Crippen LogP contribution in [-0.4, -0.2) is 16.1 Å². The topological polar surface area (TPSA) is 59.4 Å². The smallest absolute Gasteiger partial charge is 0.337 e. The third-order valence-corrected chi connectivity index (χ3v) is 2.37. The normalized spacial score (nSPS) is 9.94. The second-order valence-corrected chi connectivity index (χ2v) is 3.64. The lowest BCUT2D eigenvalue weighted by Crippen LogP contribution is -1.97. The summed E-state index contributed by atoms with van der Waals surface area (Å²) in [5, 5.41) is 9.08. The van der Waals surface area contributed by atoms with E-state index in [0.717, 1.165) is 0 Å². The average Bonchev–Trinajstić information content (AvgIpc) is 2.32. The first-order chi connectivity index (χ1) is 8.16. The van der Waals surface area contributed by atoms with Crippen LogP contribution in [0.3, 0.4) is 0 Å². The number of benzene rings is 1. The number of carboxylic acid groups (broad SMARTS) is 1. The molecule has 0 bridgehead atoms. The molecule has 0 aliphatic heterocycles. The molecule has 0 aliphatic rings. The van der Waals surface area contributed by atoms with Crippen LogP contribution in [-0.2, 0) is 0 Å². The van der Waals surface area contributed by atoms with E-state index in [1.54, 1.807) is 24.4 Å². The summed E-state index contributed by atoms with van der Waals surface area (Å²) in [6.07, 6.45) is 3.16. The Bertz CT molecular complexity index is 543. The van der Waals surface area contributed by atoms with E-state index in [1.165, 1.54) is 18.3 Å². The van der Waals surface area contributed by atoms with E-state index in [0.29, 0.717) is 11.5 Å². The zero-order chi connectivity index (χ0) is 12.3. The minimum Gasteiger partial charge on any atom is -0.478 e. The molecule has 0 radical (unpaired) electrons. The van der Waals surface area contributed by atoms with Gasteiger partial charge >= 0.3 is 5.97 Å². The lowest BCUT2D eigenvalue weighted by Gasteiger charge is -2.06. The summed E-state index contributed by atoms with van der Waals surface area (Å²) in [4.78, 5) is 14.8. The van der Waals surface area contributed by atoms with Gasteiger partial charge < -0.3 is 9.84 Å². The van der Waals surface area contributed by atoms with Crippen molar-refractivity contribution in [2.75, 3.05) is 0 Å². The van der Waals surface area contributed by atoms with E-state index in [2.05, 4.69) is 4.98 Å². The molecule has 1 heterocycles. The number of carbonyl (C=O) groups is 1. The monoisotopic (exact) mass is 249 g/mol. The van der Waals surface area contributed by atoms with Gasteiger partial charge in [0.2, 0.25) is 0 Å². The maximum absolute atomic E-state index is 10.9. The summed E-state index contributed by atoms with van der Waals surface area (Å²) in [5.41, 5.74) is 0.00746. The molecule has 1 aromatic carbocycles. The zero-order valence-electron chi connectivity index (χ0n) is 8.63. The molecule has 0 amide bonds. The Kier molecular flexibility index (Phi) is 3.25. The highest BCUT2D eigenvalue weighted by Crippen LogP contribution is 2.25. The molecule has 0 fully saturated rings. The number of carboxylic acids is 1. The van der Waals surface area contributed by atoms with Gasteiger partial charge in [-0.3, -0.25) is 4.98 Å². The second kappa shape index (κ2) is 4.84. The lowest BCUT2D eigenvalue weighted by atomic mass is 10.2. The van der Waals surface area contributed by atoms with Gasteiger partial charge in [0.1, 0.15) is 11.5 Å². The SMILES string of the molecule is O=C(O)c1cc(Oc2cccnc2)ccc1Cl. The zero-order valence-corrected chi connectivity index (χ0v) is 9.39. The molecule has 1 aromatic heterocycles. The molecule has 5 heteroatoms. The van der Waals surface area contributed by atoms with Crippen molar-refractivity contribution >= 4 is 17.6 Å². The molecule has 1 N–H and O–H groups in total. The van der Waals surface area contributed by atoms with E-state index in [-0.39, 0.29) is 10.6 Å². The van der Waals surface area contributed by atoms with E-state index in [9.17, 15) is 4.79 Å². The highest BCUT2D eigenvalue weighted by Gasteiger charge is 2.10. The summed E-state index contributed by atoms with van der Waals surface area (Å²) in [6, 6.07) is 7.90. The van der Waals surface area contributed by atoms with Gasteiger partial charge in [0.05, 0.1) is 16.8 Å². The van der Waals surface area contributed by atoms with Gasteiger partial charge in [-0.2, -0.15) is 0 Å². The number of rotatable bonds is 3. The van der Waals surface area contributed by atoms with Gasteiger partial charge in [-0.05, 0) is 30.3 Å². The van der Waals surface area contributed by atoms with Crippen molar-refractivity contribution in [1.29, 1.82) is 0 Å². The summed E-state index contributed by atoms with van der Waals surface area (Å²) in [7, 11) is 0. The third kappa shape index (κ3) is 2.73. The lowest BCUT2D eigenvalue weighted by molar-refractivity contribution is 0.0696. The maximum Gasteiger partial charge on any atom is 0.337 e. The molecule has 0 atom stereocenters. The number of nitrogens with zero attached hydrogens (tertiary/aromatic N) is 1. The Morgan fingerprint density at radius 2 is 2.12 bits per heavy atom. The predicted molar refractivity (Wildman–Crippen MR) is 62.7 cm³/mol. The number of aromatic nitrogens is 1. The Morgan fingerprint density at radius 3 is 2.76 bits per heavy atom. The van der Waals surface area contributed by atoms with E-state index < -0.39 is 5.97 Å². The van der Waals surface area contributed by atoms with Crippen LogP contribution in [0.15, 0.2) is 42.7 Å². The molecule has 17 heavy (non-hydrogen) atoms. The number of hydrogen-bond donors (Lipinski definition) is 1. The number of halogens is 1. The molecule has 0 saturated carbocycles. The molecular formula is C12H8ClNO3. The summed E-state index contributed by atoms with van der Waals surface area (Å²) in [5.74, 6) is -0.155. The molecule has 86 valence electrons. The average molecular weight is 250 g/mol. The number of ether oxygens (including phenoxy) is 1. The fourth-order valence-electron chi connectivity index (χ4n) is 1.28. The second-order valence-electron chi connectivity index (χ2n) is 3.24. The van der Waals surface area contributed by atoms with Crippen LogP contribution in [0.4, 0.5) is 0 Å². The Morgan fingerprint density at radius 1 is 1.29 bits per heavy atom. The summed E-state index contributed by atoms with van der Waals surface area (Å²) >= 11 is 5.75.